The first kappa shape index (κ1) is 25.2. The van der Waals surface area contributed by atoms with Crippen molar-refractivity contribution in [1.82, 2.24) is 9.97 Å². The van der Waals surface area contributed by atoms with Crippen LogP contribution < -0.4 is 0 Å². The summed E-state index contributed by atoms with van der Waals surface area (Å²) in [6.45, 7) is 0. The Balaban J connectivity index is 1.22. The Bertz CT molecular complexity index is 2380. The van der Waals surface area contributed by atoms with Crippen molar-refractivity contribution in [2.45, 2.75) is 12.8 Å². The molecule has 5 aromatic carbocycles. The number of hydrogen-bond donors (Lipinski definition) is 0. The molecule has 44 heavy (non-hydrogen) atoms. The Labute approximate surface area is 258 Å². The van der Waals surface area contributed by atoms with Crippen LogP contribution in [-0.2, 0) is 6.42 Å². The number of aromatic nitrogens is 2. The van der Waals surface area contributed by atoms with Gasteiger partial charge in [0.05, 0.1) is 15.9 Å². The van der Waals surface area contributed by atoms with E-state index < -0.39 is 0 Å². The summed E-state index contributed by atoms with van der Waals surface area (Å²) in [6.07, 6.45) is 6.44. The molecule has 8 aromatic rings. The molecule has 0 radical (unpaired) electrons. The highest BCUT2D eigenvalue weighted by atomic mass is 32.1. The lowest BCUT2D eigenvalue weighted by atomic mass is 9.99. The molecule has 9 rings (SSSR count). The Kier molecular flexibility index (Phi) is 5.81. The second kappa shape index (κ2) is 10.1. The number of rotatable bonds is 4. The van der Waals surface area contributed by atoms with Gasteiger partial charge in [-0.25, -0.2) is 9.97 Å². The van der Waals surface area contributed by atoms with Crippen LogP contribution in [0.5, 0.6) is 0 Å². The molecule has 0 aliphatic heterocycles. The molecule has 0 fully saturated rings. The molecule has 0 saturated heterocycles. The molecule has 208 valence electrons. The van der Waals surface area contributed by atoms with Crippen LogP contribution in [0.2, 0.25) is 0 Å². The number of furan rings is 1. The van der Waals surface area contributed by atoms with Crippen molar-refractivity contribution in [1.29, 1.82) is 0 Å². The summed E-state index contributed by atoms with van der Waals surface area (Å²) in [4.78, 5) is 10.4. The van der Waals surface area contributed by atoms with Crippen LogP contribution in [0.1, 0.15) is 17.7 Å². The number of aryl methyl sites for hydroxylation is 1. The quantitative estimate of drug-likeness (QED) is 0.207. The molecule has 0 amide bonds. The van der Waals surface area contributed by atoms with E-state index in [2.05, 4.69) is 115 Å². The zero-order valence-electron chi connectivity index (χ0n) is 23.8. The largest absolute Gasteiger partial charge is 0.460 e. The number of allylic oxidation sites excluding steroid dienone is 1. The molecule has 0 atom stereocenters. The number of fused-ring (bicyclic) bond motifs is 6. The predicted molar refractivity (Wildman–Crippen MR) is 184 cm³/mol. The summed E-state index contributed by atoms with van der Waals surface area (Å²) in [5.41, 5.74) is 10.9. The van der Waals surface area contributed by atoms with Crippen LogP contribution >= 0.6 is 11.3 Å². The molecule has 1 aliphatic rings. The van der Waals surface area contributed by atoms with Gasteiger partial charge in [0.2, 0.25) is 0 Å². The molecule has 3 aromatic heterocycles. The lowest BCUT2D eigenvalue weighted by Gasteiger charge is -2.09. The molecule has 3 heterocycles. The first-order valence-corrected chi connectivity index (χ1v) is 15.8. The number of nitrogens with zero attached hydrogens (tertiary/aromatic N) is 2. The standard InChI is InChI=1S/C40H26N2OS/c1-3-10-25(11-4-1)27-14-9-15-30(22-27)37-39-38(42-40(41-37)26-12-5-2-6-13-26)33-21-19-29(24-36(33)44-39)28-18-20-32-31-16-7-8-17-34(31)43-35(32)23-28/h1-7,9-16,18-24H,8,17H2. The maximum Gasteiger partial charge on any atom is 0.160 e. The van der Waals surface area contributed by atoms with Crippen LogP contribution in [0, 0.1) is 0 Å². The lowest BCUT2D eigenvalue weighted by Crippen LogP contribution is -1.93. The first-order chi connectivity index (χ1) is 21.8. The van der Waals surface area contributed by atoms with Crippen LogP contribution in [0.3, 0.4) is 0 Å². The molecule has 1 aliphatic carbocycles. The maximum absolute atomic E-state index is 6.28. The van der Waals surface area contributed by atoms with Crippen molar-refractivity contribution in [3.63, 3.8) is 0 Å². The minimum Gasteiger partial charge on any atom is -0.460 e. The Morgan fingerprint density at radius 1 is 0.591 bits per heavy atom. The average Bonchev–Trinajstić information content (AvgIpc) is 3.66. The second-order valence-electron chi connectivity index (χ2n) is 11.3. The van der Waals surface area contributed by atoms with Gasteiger partial charge in [0.25, 0.3) is 0 Å². The minimum absolute atomic E-state index is 0.739. The third-order valence-corrected chi connectivity index (χ3v) is 9.70. The van der Waals surface area contributed by atoms with Crippen molar-refractivity contribution in [2.75, 3.05) is 0 Å². The van der Waals surface area contributed by atoms with Gasteiger partial charge < -0.3 is 4.42 Å². The summed E-state index contributed by atoms with van der Waals surface area (Å²) in [6, 6.07) is 42.8. The fourth-order valence-electron chi connectivity index (χ4n) is 6.34. The number of benzene rings is 5. The molecular weight excluding hydrogens is 557 g/mol. The van der Waals surface area contributed by atoms with E-state index in [0.717, 1.165) is 68.0 Å². The highest BCUT2D eigenvalue weighted by molar-refractivity contribution is 7.26. The van der Waals surface area contributed by atoms with E-state index in [1.807, 2.05) is 18.2 Å². The van der Waals surface area contributed by atoms with E-state index in [4.69, 9.17) is 14.4 Å². The summed E-state index contributed by atoms with van der Waals surface area (Å²) >= 11 is 1.77. The third kappa shape index (κ3) is 4.18. The van der Waals surface area contributed by atoms with Gasteiger partial charge >= 0.3 is 0 Å². The van der Waals surface area contributed by atoms with Crippen molar-refractivity contribution in [3.05, 3.63) is 139 Å². The van der Waals surface area contributed by atoms with Crippen molar-refractivity contribution < 1.29 is 4.42 Å². The van der Waals surface area contributed by atoms with Crippen molar-refractivity contribution >= 4 is 48.7 Å². The topological polar surface area (TPSA) is 38.9 Å². The van der Waals surface area contributed by atoms with E-state index in [-0.39, 0.29) is 0 Å². The Hall–Kier alpha value is -5.32. The lowest BCUT2D eigenvalue weighted by molar-refractivity contribution is 0.546. The van der Waals surface area contributed by atoms with Crippen LogP contribution in [0.4, 0.5) is 0 Å². The smallest absolute Gasteiger partial charge is 0.160 e. The van der Waals surface area contributed by atoms with Gasteiger partial charge in [-0.3, -0.25) is 0 Å². The Morgan fingerprint density at radius 2 is 1.30 bits per heavy atom. The first-order valence-electron chi connectivity index (χ1n) is 15.0. The van der Waals surface area contributed by atoms with E-state index in [1.165, 1.54) is 32.3 Å². The van der Waals surface area contributed by atoms with Crippen LogP contribution in [-0.4, -0.2) is 9.97 Å². The molecule has 0 bridgehead atoms. The van der Waals surface area contributed by atoms with Crippen LogP contribution in [0.25, 0.3) is 82.2 Å². The van der Waals surface area contributed by atoms with Gasteiger partial charge in [0.1, 0.15) is 11.3 Å². The maximum atomic E-state index is 6.28. The molecule has 0 unspecified atom stereocenters. The highest BCUT2D eigenvalue weighted by Crippen LogP contribution is 2.42. The fourth-order valence-corrected chi connectivity index (χ4v) is 7.53. The molecular formula is C40H26N2OS. The van der Waals surface area contributed by atoms with E-state index in [1.54, 1.807) is 11.3 Å². The molecule has 0 saturated carbocycles. The van der Waals surface area contributed by atoms with Gasteiger partial charge in [0.15, 0.2) is 5.82 Å². The van der Waals surface area contributed by atoms with E-state index in [0.29, 0.717) is 0 Å². The van der Waals surface area contributed by atoms with Crippen molar-refractivity contribution in [3.8, 4) is 44.9 Å². The monoisotopic (exact) mass is 582 g/mol. The fraction of sp³-hybridized carbons (Fsp3) is 0.0500. The van der Waals surface area contributed by atoms with Gasteiger partial charge in [-0.05, 0) is 52.9 Å². The molecule has 3 nitrogen and oxygen atoms in total. The second-order valence-corrected chi connectivity index (χ2v) is 12.3. The summed E-state index contributed by atoms with van der Waals surface area (Å²) in [5.74, 6) is 1.83. The van der Waals surface area contributed by atoms with Gasteiger partial charge in [0, 0.05) is 38.6 Å². The van der Waals surface area contributed by atoms with E-state index in [9.17, 15) is 0 Å². The molecule has 0 N–H and O–H groups in total. The molecule has 4 heteroatoms. The number of thiophene rings is 1. The van der Waals surface area contributed by atoms with Crippen molar-refractivity contribution in [2.24, 2.45) is 0 Å². The van der Waals surface area contributed by atoms with Gasteiger partial charge in [-0.15, -0.1) is 11.3 Å². The molecule has 0 spiro atoms. The summed E-state index contributed by atoms with van der Waals surface area (Å²) < 4.78 is 8.58. The van der Waals surface area contributed by atoms with Gasteiger partial charge in [-0.2, -0.15) is 0 Å². The average molecular weight is 583 g/mol. The summed E-state index contributed by atoms with van der Waals surface area (Å²) in [7, 11) is 0. The Morgan fingerprint density at radius 3 is 2.14 bits per heavy atom. The normalized spacial score (nSPS) is 12.7. The minimum atomic E-state index is 0.739. The summed E-state index contributed by atoms with van der Waals surface area (Å²) in [5, 5.41) is 2.34. The van der Waals surface area contributed by atoms with Gasteiger partial charge in [-0.1, -0.05) is 109 Å². The van der Waals surface area contributed by atoms with Crippen LogP contribution in [0.15, 0.2) is 132 Å². The third-order valence-electron chi connectivity index (χ3n) is 8.55. The predicted octanol–water partition coefficient (Wildman–Crippen LogP) is 11.2. The highest BCUT2D eigenvalue weighted by Gasteiger charge is 2.19. The SMILES string of the molecule is C1=Cc2c(oc3cc(-c4ccc5c(c4)sc4c(-c6cccc(-c7ccccc7)c6)nc(-c6ccccc6)nc45)ccc23)CC1. The van der Waals surface area contributed by atoms with E-state index >= 15 is 0 Å². The zero-order valence-corrected chi connectivity index (χ0v) is 24.6. The number of hydrogen-bond acceptors (Lipinski definition) is 4. The zero-order chi connectivity index (χ0) is 29.0.